The van der Waals surface area contributed by atoms with Gasteiger partial charge in [0, 0.05) is 18.0 Å². The van der Waals surface area contributed by atoms with E-state index in [0.717, 1.165) is 68.4 Å². The fraction of sp³-hybridized carbons (Fsp3) is 0.429. The van der Waals surface area contributed by atoms with Crippen LogP contribution in [-0.2, 0) is 12.8 Å². The monoisotopic (exact) mass is 496 g/mol. The van der Waals surface area contributed by atoms with E-state index in [1.54, 1.807) is 28.4 Å². The molecular formula is C28H36N2O4S. The summed E-state index contributed by atoms with van der Waals surface area (Å²) in [7, 11) is 6.72. The Morgan fingerprint density at radius 1 is 0.857 bits per heavy atom. The maximum absolute atomic E-state index is 5.60. The lowest BCUT2D eigenvalue weighted by Gasteiger charge is -2.36. The van der Waals surface area contributed by atoms with Crippen molar-refractivity contribution in [1.29, 1.82) is 0 Å². The van der Waals surface area contributed by atoms with Crippen molar-refractivity contribution in [3.63, 3.8) is 0 Å². The van der Waals surface area contributed by atoms with Crippen LogP contribution in [0.25, 0.3) is 0 Å². The molecule has 0 saturated heterocycles. The topological polar surface area (TPSA) is 52.2 Å². The van der Waals surface area contributed by atoms with Crippen LogP contribution >= 0.6 is 11.3 Å². The first-order valence-electron chi connectivity index (χ1n) is 12.1. The van der Waals surface area contributed by atoms with Gasteiger partial charge < -0.3 is 24.3 Å². The van der Waals surface area contributed by atoms with Gasteiger partial charge in [-0.05, 0) is 84.8 Å². The van der Waals surface area contributed by atoms with Crippen LogP contribution in [0.2, 0.25) is 0 Å². The van der Waals surface area contributed by atoms with Crippen LogP contribution < -0.4 is 24.3 Å². The Morgan fingerprint density at radius 2 is 1.57 bits per heavy atom. The second kappa shape index (κ2) is 12.3. The average molecular weight is 497 g/mol. The van der Waals surface area contributed by atoms with Crippen LogP contribution in [0.3, 0.4) is 0 Å². The molecule has 4 rings (SSSR count). The van der Waals surface area contributed by atoms with E-state index in [4.69, 9.17) is 18.9 Å². The SMILES string of the molecule is COc1ccc(CCNCCCN2CCc3sccc3C2c2ccc(OC)c(OC)c2)cc1OC. The quantitative estimate of drug-likeness (QED) is 0.358. The van der Waals surface area contributed by atoms with Gasteiger partial charge in [0.15, 0.2) is 23.0 Å². The molecule has 2 heterocycles. The Kier molecular flexibility index (Phi) is 8.90. The molecule has 0 radical (unpaired) electrons. The van der Waals surface area contributed by atoms with E-state index in [9.17, 15) is 0 Å². The minimum Gasteiger partial charge on any atom is -0.493 e. The van der Waals surface area contributed by atoms with Gasteiger partial charge in [0.25, 0.3) is 0 Å². The van der Waals surface area contributed by atoms with E-state index in [1.165, 1.54) is 21.6 Å². The van der Waals surface area contributed by atoms with Gasteiger partial charge in [-0.2, -0.15) is 0 Å². The third kappa shape index (κ3) is 5.92. The van der Waals surface area contributed by atoms with Crippen molar-refractivity contribution in [2.75, 3.05) is 54.6 Å². The maximum atomic E-state index is 5.60. The van der Waals surface area contributed by atoms with Crippen molar-refractivity contribution in [3.05, 3.63) is 69.4 Å². The van der Waals surface area contributed by atoms with Crippen LogP contribution in [0, 0.1) is 0 Å². The zero-order valence-corrected chi connectivity index (χ0v) is 22.0. The maximum Gasteiger partial charge on any atom is 0.161 e. The van der Waals surface area contributed by atoms with Crippen molar-refractivity contribution >= 4 is 11.3 Å². The fourth-order valence-corrected chi connectivity index (χ4v) is 5.73. The van der Waals surface area contributed by atoms with Gasteiger partial charge in [0.1, 0.15) is 0 Å². The Hall–Kier alpha value is -2.74. The molecule has 1 N–H and O–H groups in total. The number of fused-ring (bicyclic) bond motifs is 1. The minimum atomic E-state index is 0.247. The van der Waals surface area contributed by atoms with Gasteiger partial charge >= 0.3 is 0 Å². The first kappa shape index (κ1) is 25.4. The van der Waals surface area contributed by atoms with E-state index in [2.05, 4.69) is 45.9 Å². The van der Waals surface area contributed by atoms with E-state index in [-0.39, 0.29) is 6.04 Å². The molecule has 0 spiro atoms. The Labute approximate surface area is 212 Å². The standard InChI is InChI=1S/C28H36N2O4S/c1-31-23-8-6-20(18-25(23)33-3)10-14-29-13-5-15-30-16-11-27-22(12-17-35-27)28(30)21-7-9-24(32-2)26(19-21)34-4/h6-9,12,17-19,28-29H,5,10-11,13-16H2,1-4H3. The van der Waals surface area contributed by atoms with Gasteiger partial charge in [-0.3, -0.25) is 4.90 Å². The molecule has 6 nitrogen and oxygen atoms in total. The second-order valence-corrected chi connectivity index (χ2v) is 9.65. The molecule has 0 amide bonds. The van der Waals surface area contributed by atoms with E-state index >= 15 is 0 Å². The summed E-state index contributed by atoms with van der Waals surface area (Å²) in [5.41, 5.74) is 3.92. The summed E-state index contributed by atoms with van der Waals surface area (Å²) in [6.45, 7) is 4.03. The molecule has 0 fully saturated rings. The normalized spacial score (nSPS) is 15.5. The summed E-state index contributed by atoms with van der Waals surface area (Å²) in [6, 6.07) is 15.0. The average Bonchev–Trinajstić information content (AvgIpc) is 3.38. The zero-order valence-electron chi connectivity index (χ0n) is 21.1. The van der Waals surface area contributed by atoms with Crippen molar-refractivity contribution in [1.82, 2.24) is 10.2 Å². The van der Waals surface area contributed by atoms with Gasteiger partial charge in [-0.15, -0.1) is 11.3 Å². The molecule has 1 atom stereocenters. The van der Waals surface area contributed by atoms with Crippen molar-refractivity contribution in [2.45, 2.75) is 25.3 Å². The number of nitrogens with one attached hydrogen (secondary N) is 1. The predicted octanol–water partition coefficient (Wildman–Crippen LogP) is 4.95. The molecule has 0 bridgehead atoms. The molecule has 1 aliphatic heterocycles. The number of nitrogens with zero attached hydrogens (tertiary/aromatic N) is 1. The molecule has 1 unspecified atom stereocenters. The Bertz CT molecular complexity index is 1100. The molecule has 3 aromatic rings. The van der Waals surface area contributed by atoms with E-state index in [1.807, 2.05) is 23.5 Å². The number of hydrogen-bond acceptors (Lipinski definition) is 7. The largest absolute Gasteiger partial charge is 0.493 e. The van der Waals surface area contributed by atoms with Gasteiger partial charge in [0.2, 0.25) is 0 Å². The lowest BCUT2D eigenvalue weighted by atomic mass is 9.93. The minimum absolute atomic E-state index is 0.247. The fourth-order valence-electron chi connectivity index (χ4n) is 4.82. The molecule has 0 aliphatic carbocycles. The van der Waals surface area contributed by atoms with Gasteiger partial charge in [-0.25, -0.2) is 0 Å². The van der Waals surface area contributed by atoms with Crippen LogP contribution in [0.1, 0.15) is 34.0 Å². The molecule has 0 saturated carbocycles. The van der Waals surface area contributed by atoms with Gasteiger partial charge in [0.05, 0.1) is 34.5 Å². The van der Waals surface area contributed by atoms with E-state index in [0.29, 0.717) is 0 Å². The first-order chi connectivity index (χ1) is 17.2. The predicted molar refractivity (Wildman–Crippen MR) is 142 cm³/mol. The molecule has 1 aromatic heterocycles. The molecule has 35 heavy (non-hydrogen) atoms. The van der Waals surface area contributed by atoms with E-state index < -0.39 is 0 Å². The van der Waals surface area contributed by atoms with Crippen LogP contribution in [0.5, 0.6) is 23.0 Å². The molecule has 1 aliphatic rings. The number of thiophene rings is 1. The highest BCUT2D eigenvalue weighted by Crippen LogP contribution is 2.40. The number of hydrogen-bond donors (Lipinski definition) is 1. The van der Waals surface area contributed by atoms with Crippen molar-refractivity contribution in [3.8, 4) is 23.0 Å². The van der Waals surface area contributed by atoms with Crippen LogP contribution in [-0.4, -0.2) is 59.5 Å². The first-order valence-corrected chi connectivity index (χ1v) is 13.0. The highest BCUT2D eigenvalue weighted by molar-refractivity contribution is 7.10. The Morgan fingerprint density at radius 3 is 2.31 bits per heavy atom. The number of methoxy groups -OCH3 is 4. The number of benzene rings is 2. The van der Waals surface area contributed by atoms with Crippen LogP contribution in [0.4, 0.5) is 0 Å². The highest BCUT2D eigenvalue weighted by Gasteiger charge is 2.29. The lowest BCUT2D eigenvalue weighted by Crippen LogP contribution is -2.37. The van der Waals surface area contributed by atoms with Crippen molar-refractivity contribution in [2.24, 2.45) is 0 Å². The van der Waals surface area contributed by atoms with Crippen LogP contribution in [0.15, 0.2) is 47.8 Å². The summed E-state index contributed by atoms with van der Waals surface area (Å²) >= 11 is 1.87. The van der Waals surface area contributed by atoms with Crippen molar-refractivity contribution < 1.29 is 18.9 Å². The third-order valence-corrected chi connectivity index (χ3v) is 7.62. The molecule has 7 heteroatoms. The number of ether oxygens (including phenoxy) is 4. The summed E-state index contributed by atoms with van der Waals surface area (Å²) in [6.07, 6.45) is 3.16. The molecule has 2 aromatic carbocycles. The number of rotatable bonds is 12. The second-order valence-electron chi connectivity index (χ2n) is 8.64. The smallest absolute Gasteiger partial charge is 0.161 e. The molecular weight excluding hydrogens is 460 g/mol. The summed E-state index contributed by atoms with van der Waals surface area (Å²) in [5, 5.41) is 5.83. The zero-order chi connectivity index (χ0) is 24.6. The Balaban J connectivity index is 1.34. The summed E-state index contributed by atoms with van der Waals surface area (Å²) < 4.78 is 21.8. The summed E-state index contributed by atoms with van der Waals surface area (Å²) in [5.74, 6) is 3.10. The summed E-state index contributed by atoms with van der Waals surface area (Å²) in [4.78, 5) is 4.10. The van der Waals surface area contributed by atoms with Gasteiger partial charge in [-0.1, -0.05) is 12.1 Å². The molecule has 188 valence electrons. The third-order valence-electron chi connectivity index (χ3n) is 6.63. The highest BCUT2D eigenvalue weighted by atomic mass is 32.1. The lowest BCUT2D eigenvalue weighted by molar-refractivity contribution is 0.211.